The Morgan fingerprint density at radius 3 is 1.53 bits per heavy atom. The van der Waals surface area contributed by atoms with Crippen LogP contribution in [0.3, 0.4) is 0 Å². The summed E-state index contributed by atoms with van der Waals surface area (Å²) in [4.78, 5) is 6.80. The summed E-state index contributed by atoms with van der Waals surface area (Å²) in [6.07, 6.45) is 3.81. The van der Waals surface area contributed by atoms with Crippen molar-refractivity contribution in [2.75, 3.05) is 10.2 Å². The molecule has 3 heteroatoms. The Labute approximate surface area is 286 Å². The van der Waals surface area contributed by atoms with E-state index in [2.05, 4.69) is 191 Å². The second-order valence-electron chi connectivity index (χ2n) is 12.5. The van der Waals surface area contributed by atoms with Crippen LogP contribution < -0.4 is 10.2 Å². The zero-order chi connectivity index (χ0) is 32.6. The van der Waals surface area contributed by atoms with Gasteiger partial charge in [0.2, 0.25) is 0 Å². The van der Waals surface area contributed by atoms with E-state index in [9.17, 15) is 0 Å². The highest BCUT2D eigenvalue weighted by atomic mass is 15.1. The zero-order valence-corrected chi connectivity index (χ0v) is 26.9. The fourth-order valence-electron chi connectivity index (χ4n) is 7.66. The highest BCUT2D eigenvalue weighted by molar-refractivity contribution is 5.94. The molecule has 0 fully saturated rings. The van der Waals surface area contributed by atoms with Crippen molar-refractivity contribution in [2.24, 2.45) is 0 Å². The molecule has 0 unspecified atom stereocenters. The maximum absolute atomic E-state index is 4.48. The average Bonchev–Trinajstić information content (AvgIpc) is 3.48. The molecular formula is C46H33N3. The Morgan fingerprint density at radius 2 is 0.918 bits per heavy atom. The number of benzene rings is 7. The lowest BCUT2D eigenvalue weighted by molar-refractivity contribution is 0.768. The molecular weight excluding hydrogens is 595 g/mol. The van der Waals surface area contributed by atoms with E-state index in [0.29, 0.717) is 0 Å². The van der Waals surface area contributed by atoms with E-state index < -0.39 is 5.41 Å². The maximum Gasteiger partial charge on any atom is 0.0713 e. The number of para-hydroxylation sites is 2. The van der Waals surface area contributed by atoms with Crippen LogP contribution in [0.25, 0.3) is 21.9 Å². The molecule has 1 N–H and O–H groups in total. The van der Waals surface area contributed by atoms with Crippen molar-refractivity contribution in [1.29, 1.82) is 0 Å². The van der Waals surface area contributed by atoms with Gasteiger partial charge in [-0.05, 0) is 81.9 Å². The lowest BCUT2D eigenvalue weighted by Crippen LogP contribution is -2.28. The number of aromatic nitrogens is 1. The summed E-state index contributed by atoms with van der Waals surface area (Å²) < 4.78 is 0. The molecule has 0 bridgehead atoms. The minimum Gasteiger partial charge on any atom is -0.354 e. The van der Waals surface area contributed by atoms with Gasteiger partial charge in [0.15, 0.2) is 0 Å². The van der Waals surface area contributed by atoms with Crippen LogP contribution in [0.2, 0.25) is 0 Å². The summed E-state index contributed by atoms with van der Waals surface area (Å²) >= 11 is 0. The molecule has 1 heterocycles. The molecule has 1 aliphatic rings. The summed E-state index contributed by atoms with van der Waals surface area (Å²) in [7, 11) is 0. The van der Waals surface area contributed by atoms with Gasteiger partial charge in [-0.15, -0.1) is 0 Å². The van der Waals surface area contributed by atoms with Crippen LogP contribution in [0.5, 0.6) is 0 Å². The van der Waals surface area contributed by atoms with E-state index in [1.165, 1.54) is 33.4 Å². The Balaban J connectivity index is 1.18. The van der Waals surface area contributed by atoms with Crippen LogP contribution >= 0.6 is 0 Å². The fourth-order valence-corrected chi connectivity index (χ4v) is 7.66. The van der Waals surface area contributed by atoms with Crippen molar-refractivity contribution in [1.82, 2.24) is 4.98 Å². The van der Waals surface area contributed by atoms with Gasteiger partial charge >= 0.3 is 0 Å². The van der Waals surface area contributed by atoms with Gasteiger partial charge in [0.05, 0.1) is 17.3 Å². The highest BCUT2D eigenvalue weighted by Gasteiger charge is 2.45. The molecule has 0 spiro atoms. The minimum absolute atomic E-state index is 0.491. The molecule has 49 heavy (non-hydrogen) atoms. The summed E-state index contributed by atoms with van der Waals surface area (Å²) in [6, 6.07) is 65.4. The number of anilines is 5. The van der Waals surface area contributed by atoms with Crippen molar-refractivity contribution >= 4 is 39.2 Å². The van der Waals surface area contributed by atoms with Crippen LogP contribution in [0.15, 0.2) is 194 Å². The molecule has 1 aliphatic carbocycles. The summed E-state index contributed by atoms with van der Waals surface area (Å²) in [5.74, 6) is 0. The first kappa shape index (κ1) is 28.7. The van der Waals surface area contributed by atoms with Gasteiger partial charge in [-0.25, -0.2) is 0 Å². The number of hydrogen-bond donors (Lipinski definition) is 1. The molecule has 0 amide bonds. The average molecular weight is 628 g/mol. The topological polar surface area (TPSA) is 28.2 Å². The first-order valence-corrected chi connectivity index (χ1v) is 16.7. The predicted octanol–water partition coefficient (Wildman–Crippen LogP) is 11.8. The second kappa shape index (κ2) is 12.0. The van der Waals surface area contributed by atoms with Gasteiger partial charge < -0.3 is 10.2 Å². The SMILES string of the molecule is c1ccc(N(c2ccccc2)c2ccc(C3(c4ccc(Nc5cncc6ccccc56)cc4)c4ccccc4-c4ccccc43)cc2)cc1. The summed E-state index contributed by atoms with van der Waals surface area (Å²) in [5.41, 5.74) is 12.5. The molecule has 7 aromatic carbocycles. The van der Waals surface area contributed by atoms with Crippen LogP contribution in [-0.2, 0) is 5.41 Å². The third-order valence-electron chi connectivity index (χ3n) is 9.80. The molecule has 0 saturated heterocycles. The van der Waals surface area contributed by atoms with Gasteiger partial charge in [0, 0.05) is 39.7 Å². The zero-order valence-electron chi connectivity index (χ0n) is 26.9. The molecule has 0 atom stereocenters. The van der Waals surface area contributed by atoms with E-state index >= 15 is 0 Å². The van der Waals surface area contributed by atoms with Crippen molar-refractivity contribution in [3.63, 3.8) is 0 Å². The smallest absolute Gasteiger partial charge is 0.0713 e. The first-order valence-electron chi connectivity index (χ1n) is 16.7. The second-order valence-corrected chi connectivity index (χ2v) is 12.5. The van der Waals surface area contributed by atoms with Gasteiger partial charge in [-0.3, -0.25) is 4.98 Å². The number of rotatable bonds is 7. The lowest BCUT2D eigenvalue weighted by Gasteiger charge is -2.34. The lowest BCUT2D eigenvalue weighted by atomic mass is 9.67. The van der Waals surface area contributed by atoms with Crippen LogP contribution in [0.1, 0.15) is 22.3 Å². The van der Waals surface area contributed by atoms with Crippen molar-refractivity contribution in [3.05, 3.63) is 217 Å². The van der Waals surface area contributed by atoms with E-state index in [4.69, 9.17) is 0 Å². The Kier molecular flexibility index (Phi) is 7.02. The van der Waals surface area contributed by atoms with Gasteiger partial charge in [0.1, 0.15) is 0 Å². The number of fused-ring (bicyclic) bond motifs is 4. The summed E-state index contributed by atoms with van der Waals surface area (Å²) in [6.45, 7) is 0. The van der Waals surface area contributed by atoms with E-state index in [-0.39, 0.29) is 0 Å². The first-order chi connectivity index (χ1) is 24.3. The predicted molar refractivity (Wildman–Crippen MR) is 203 cm³/mol. The number of pyridine rings is 1. The molecule has 0 saturated carbocycles. The standard InChI is InChI=1S/C46H33N3/c1-3-14-37(15-4-1)49(38-16-5-2-6-17-38)39-29-25-35(26-30-39)46(43-21-11-9-19-41(43)42-20-10-12-22-44(42)46)34-23-27-36(28-24-34)48-45-32-47-31-33-13-7-8-18-40(33)45/h1-32,48H. The molecule has 1 aromatic heterocycles. The van der Waals surface area contributed by atoms with Gasteiger partial charge in [0.25, 0.3) is 0 Å². The van der Waals surface area contributed by atoms with E-state index in [1.54, 1.807) is 0 Å². The monoisotopic (exact) mass is 627 g/mol. The molecule has 0 radical (unpaired) electrons. The number of nitrogens with zero attached hydrogens (tertiary/aromatic N) is 2. The van der Waals surface area contributed by atoms with Crippen LogP contribution in [0.4, 0.5) is 28.4 Å². The quantitative estimate of drug-likeness (QED) is 0.191. The van der Waals surface area contributed by atoms with E-state index in [1.807, 2.05) is 18.5 Å². The Bertz CT molecular complexity index is 2310. The maximum atomic E-state index is 4.48. The number of hydrogen-bond acceptors (Lipinski definition) is 3. The van der Waals surface area contributed by atoms with Crippen LogP contribution in [-0.4, -0.2) is 4.98 Å². The van der Waals surface area contributed by atoms with Gasteiger partial charge in [-0.2, -0.15) is 0 Å². The van der Waals surface area contributed by atoms with Crippen molar-refractivity contribution in [2.45, 2.75) is 5.41 Å². The minimum atomic E-state index is -0.491. The van der Waals surface area contributed by atoms with E-state index in [0.717, 1.165) is 39.2 Å². The molecule has 9 rings (SSSR count). The Hall–Kier alpha value is -6.45. The largest absolute Gasteiger partial charge is 0.354 e. The third kappa shape index (κ3) is 4.78. The molecule has 232 valence electrons. The number of nitrogens with one attached hydrogen (secondary N) is 1. The van der Waals surface area contributed by atoms with Gasteiger partial charge in [-0.1, -0.05) is 133 Å². The third-order valence-corrected chi connectivity index (χ3v) is 9.80. The van der Waals surface area contributed by atoms with Crippen molar-refractivity contribution in [3.8, 4) is 11.1 Å². The summed E-state index contributed by atoms with van der Waals surface area (Å²) in [5, 5.41) is 5.90. The molecule has 0 aliphatic heterocycles. The van der Waals surface area contributed by atoms with Crippen LogP contribution in [0, 0.1) is 0 Å². The Morgan fingerprint density at radius 1 is 0.429 bits per heavy atom. The highest BCUT2D eigenvalue weighted by Crippen LogP contribution is 2.56. The fraction of sp³-hybridized carbons (Fsp3) is 0.0217. The molecule has 3 nitrogen and oxygen atoms in total. The normalized spacial score (nSPS) is 12.7. The van der Waals surface area contributed by atoms with Crippen molar-refractivity contribution < 1.29 is 0 Å². The molecule has 8 aromatic rings.